The smallest absolute Gasteiger partial charge is 0.247 e. The number of benzene rings is 1. The Labute approximate surface area is 149 Å². The number of anilines is 1. The van der Waals surface area contributed by atoms with Crippen LogP contribution in [0.3, 0.4) is 0 Å². The number of nitrogens with two attached hydrogens (primary N) is 1. The van der Waals surface area contributed by atoms with Gasteiger partial charge < -0.3 is 5.32 Å². The zero-order chi connectivity index (χ0) is 17.9. The molecule has 0 unspecified atom stereocenters. The van der Waals surface area contributed by atoms with E-state index in [-0.39, 0.29) is 16.5 Å². The molecule has 3 rings (SSSR count). The zero-order valence-corrected chi connectivity index (χ0v) is 14.8. The Morgan fingerprint density at radius 1 is 1.24 bits per heavy atom. The number of nitrogens with one attached hydrogen (secondary N) is 1. The van der Waals surface area contributed by atoms with Crippen LogP contribution in [0.2, 0.25) is 0 Å². The lowest BCUT2D eigenvalue weighted by Gasteiger charge is -2.07. The van der Waals surface area contributed by atoms with Gasteiger partial charge in [0.1, 0.15) is 4.21 Å². The van der Waals surface area contributed by atoms with Crippen molar-refractivity contribution in [2.75, 3.05) is 5.32 Å². The van der Waals surface area contributed by atoms with Crippen LogP contribution in [0.15, 0.2) is 59.1 Å². The molecule has 0 bridgehead atoms. The summed E-state index contributed by atoms with van der Waals surface area (Å²) >= 11 is 0.999. The normalized spacial score (nSPS) is 11.4. The van der Waals surface area contributed by atoms with Gasteiger partial charge in [-0.2, -0.15) is 5.10 Å². The average Bonchev–Trinajstić information content (AvgIpc) is 3.18. The first kappa shape index (κ1) is 17.3. The molecule has 3 aromatic rings. The SMILES string of the molecule is NS(=O)(=O)c1ccc(CC(=O)Nc2cccc(Cn3cccn3)c2)s1. The van der Waals surface area contributed by atoms with Crippen LogP contribution in [-0.4, -0.2) is 24.1 Å². The number of rotatable bonds is 6. The van der Waals surface area contributed by atoms with Gasteiger partial charge in [-0.25, -0.2) is 13.6 Å². The lowest BCUT2D eigenvalue weighted by atomic mass is 10.2. The average molecular weight is 376 g/mol. The summed E-state index contributed by atoms with van der Waals surface area (Å²) in [5, 5.41) is 12.0. The van der Waals surface area contributed by atoms with Crippen molar-refractivity contribution in [2.45, 2.75) is 17.2 Å². The summed E-state index contributed by atoms with van der Waals surface area (Å²) in [5.41, 5.74) is 1.69. The molecule has 130 valence electrons. The molecule has 25 heavy (non-hydrogen) atoms. The van der Waals surface area contributed by atoms with Gasteiger partial charge in [0.2, 0.25) is 15.9 Å². The number of hydrogen-bond acceptors (Lipinski definition) is 5. The minimum absolute atomic E-state index is 0.0523. The van der Waals surface area contributed by atoms with Crippen LogP contribution in [0.5, 0.6) is 0 Å². The van der Waals surface area contributed by atoms with Crippen LogP contribution in [0.4, 0.5) is 5.69 Å². The minimum atomic E-state index is -3.73. The van der Waals surface area contributed by atoms with E-state index in [1.54, 1.807) is 23.0 Å². The fourth-order valence-electron chi connectivity index (χ4n) is 2.30. The van der Waals surface area contributed by atoms with Gasteiger partial charge in [-0.3, -0.25) is 9.48 Å². The predicted octanol–water partition coefficient (Wildman–Crippen LogP) is 1.82. The first-order valence-electron chi connectivity index (χ1n) is 7.38. The number of thiophene rings is 1. The Morgan fingerprint density at radius 3 is 2.76 bits per heavy atom. The molecule has 1 aromatic carbocycles. The largest absolute Gasteiger partial charge is 0.326 e. The van der Waals surface area contributed by atoms with Crippen molar-refractivity contribution in [1.82, 2.24) is 9.78 Å². The van der Waals surface area contributed by atoms with E-state index in [0.717, 1.165) is 16.9 Å². The number of carbonyl (C=O) groups excluding carboxylic acids is 1. The Balaban J connectivity index is 1.64. The van der Waals surface area contributed by atoms with Gasteiger partial charge in [0.25, 0.3) is 0 Å². The Hall–Kier alpha value is -2.49. The summed E-state index contributed by atoms with van der Waals surface area (Å²) in [7, 11) is -3.73. The number of hydrogen-bond donors (Lipinski definition) is 2. The molecule has 2 aromatic heterocycles. The maximum atomic E-state index is 12.2. The van der Waals surface area contributed by atoms with Crippen LogP contribution in [-0.2, 0) is 27.8 Å². The van der Waals surface area contributed by atoms with Crippen LogP contribution in [0, 0.1) is 0 Å². The van der Waals surface area contributed by atoms with Crippen molar-refractivity contribution < 1.29 is 13.2 Å². The second-order valence-corrected chi connectivity index (χ2v) is 8.35. The van der Waals surface area contributed by atoms with E-state index in [1.807, 2.05) is 30.5 Å². The Bertz CT molecular complexity index is 978. The minimum Gasteiger partial charge on any atom is -0.326 e. The Kier molecular flexibility index (Phi) is 4.98. The van der Waals surface area contributed by atoms with E-state index < -0.39 is 10.0 Å². The van der Waals surface area contributed by atoms with Gasteiger partial charge in [0, 0.05) is 23.0 Å². The third-order valence-corrected chi connectivity index (χ3v) is 5.89. The number of carbonyl (C=O) groups is 1. The van der Waals surface area contributed by atoms with Crippen LogP contribution >= 0.6 is 11.3 Å². The third-order valence-electron chi connectivity index (χ3n) is 3.37. The molecule has 0 radical (unpaired) electrons. The lowest BCUT2D eigenvalue weighted by molar-refractivity contribution is -0.115. The topological polar surface area (TPSA) is 107 Å². The van der Waals surface area contributed by atoms with Crippen LogP contribution in [0.25, 0.3) is 0 Å². The van der Waals surface area contributed by atoms with Crippen molar-refractivity contribution in [2.24, 2.45) is 5.14 Å². The van der Waals surface area contributed by atoms with E-state index in [0.29, 0.717) is 17.1 Å². The number of sulfonamides is 1. The highest BCUT2D eigenvalue weighted by atomic mass is 32.2. The van der Waals surface area contributed by atoms with Crippen LogP contribution in [0.1, 0.15) is 10.4 Å². The monoisotopic (exact) mass is 376 g/mol. The van der Waals surface area contributed by atoms with Crippen molar-refractivity contribution in [3.63, 3.8) is 0 Å². The zero-order valence-electron chi connectivity index (χ0n) is 13.1. The molecular weight excluding hydrogens is 360 g/mol. The summed E-state index contributed by atoms with van der Waals surface area (Å²) in [6.07, 6.45) is 3.66. The summed E-state index contributed by atoms with van der Waals surface area (Å²) in [6.45, 7) is 0.610. The van der Waals surface area contributed by atoms with Gasteiger partial charge >= 0.3 is 0 Å². The molecule has 0 fully saturated rings. The van der Waals surface area contributed by atoms with Crippen LogP contribution < -0.4 is 10.5 Å². The second kappa shape index (κ2) is 7.18. The lowest BCUT2D eigenvalue weighted by Crippen LogP contribution is -2.14. The predicted molar refractivity (Wildman–Crippen MR) is 95.8 cm³/mol. The Morgan fingerprint density at radius 2 is 2.08 bits per heavy atom. The summed E-state index contributed by atoms with van der Waals surface area (Å²) in [5.74, 6) is -0.223. The van der Waals surface area contributed by atoms with Gasteiger partial charge in [-0.1, -0.05) is 12.1 Å². The molecule has 7 nitrogen and oxygen atoms in total. The van der Waals surface area contributed by atoms with Gasteiger partial charge in [0.05, 0.1) is 13.0 Å². The molecule has 0 aliphatic heterocycles. The standard InChI is InChI=1S/C16H16N4O3S2/c17-25(22,23)16-6-5-14(24-16)10-15(21)19-13-4-1-3-12(9-13)11-20-8-2-7-18-20/h1-9H,10-11H2,(H,19,21)(H2,17,22,23). The number of primary sulfonamides is 1. The highest BCUT2D eigenvalue weighted by Gasteiger charge is 2.13. The quantitative estimate of drug-likeness (QED) is 0.684. The van der Waals surface area contributed by atoms with E-state index in [1.165, 1.54) is 6.07 Å². The molecule has 2 heterocycles. The first-order chi connectivity index (χ1) is 11.9. The van der Waals surface area contributed by atoms with E-state index in [2.05, 4.69) is 10.4 Å². The number of amides is 1. The molecule has 0 aliphatic rings. The van der Waals surface area contributed by atoms with Crippen molar-refractivity contribution in [1.29, 1.82) is 0 Å². The third kappa shape index (κ3) is 4.75. The van der Waals surface area contributed by atoms with Gasteiger partial charge in [-0.15, -0.1) is 11.3 Å². The fraction of sp³-hybridized carbons (Fsp3) is 0.125. The molecular formula is C16H16N4O3S2. The summed E-state index contributed by atoms with van der Waals surface area (Å²) in [4.78, 5) is 12.8. The maximum absolute atomic E-state index is 12.2. The second-order valence-electron chi connectivity index (χ2n) is 5.39. The molecule has 1 amide bonds. The molecule has 9 heteroatoms. The summed E-state index contributed by atoms with van der Waals surface area (Å²) < 4.78 is 24.4. The van der Waals surface area contributed by atoms with Gasteiger partial charge in [-0.05, 0) is 35.9 Å². The highest BCUT2D eigenvalue weighted by Crippen LogP contribution is 2.21. The molecule has 0 aliphatic carbocycles. The molecule has 3 N–H and O–H groups in total. The molecule has 0 saturated heterocycles. The fourth-order valence-corrected chi connectivity index (χ4v) is 4.08. The van der Waals surface area contributed by atoms with E-state index >= 15 is 0 Å². The number of aromatic nitrogens is 2. The van der Waals surface area contributed by atoms with Crippen molar-refractivity contribution in [3.05, 3.63) is 65.3 Å². The first-order valence-corrected chi connectivity index (χ1v) is 9.74. The molecule has 0 saturated carbocycles. The number of nitrogens with zero attached hydrogens (tertiary/aromatic N) is 2. The summed E-state index contributed by atoms with van der Waals surface area (Å²) in [6, 6.07) is 12.3. The highest BCUT2D eigenvalue weighted by molar-refractivity contribution is 7.91. The van der Waals surface area contributed by atoms with Crippen molar-refractivity contribution in [3.8, 4) is 0 Å². The van der Waals surface area contributed by atoms with Gasteiger partial charge in [0.15, 0.2) is 0 Å². The van der Waals surface area contributed by atoms with E-state index in [9.17, 15) is 13.2 Å². The maximum Gasteiger partial charge on any atom is 0.247 e. The van der Waals surface area contributed by atoms with E-state index in [4.69, 9.17) is 5.14 Å². The molecule has 0 spiro atoms. The van der Waals surface area contributed by atoms with Crippen molar-refractivity contribution >= 4 is 33.0 Å². The molecule has 0 atom stereocenters.